The summed E-state index contributed by atoms with van der Waals surface area (Å²) in [7, 11) is 0. The summed E-state index contributed by atoms with van der Waals surface area (Å²) in [5, 5.41) is 8.25. The molecule has 9 nitrogen and oxygen atoms in total. The molecule has 0 aliphatic carbocycles. The number of nitrogens with zero attached hydrogens (tertiary/aromatic N) is 6. The second kappa shape index (κ2) is 7.40. The van der Waals surface area contributed by atoms with Crippen LogP contribution in [0.5, 0.6) is 0 Å². The van der Waals surface area contributed by atoms with Gasteiger partial charge in [-0.15, -0.1) is 0 Å². The smallest absolute Gasteiger partial charge is 0.332 e. The van der Waals surface area contributed by atoms with Crippen LogP contribution in [0.2, 0.25) is 0 Å². The summed E-state index contributed by atoms with van der Waals surface area (Å²) in [5.74, 6) is 0.364. The molecule has 0 unspecified atom stereocenters. The zero-order valence-corrected chi connectivity index (χ0v) is 17.8. The lowest BCUT2D eigenvalue weighted by atomic mass is 10.0. The molecule has 1 aromatic carbocycles. The van der Waals surface area contributed by atoms with Crippen molar-refractivity contribution in [1.29, 1.82) is 0 Å². The van der Waals surface area contributed by atoms with E-state index < -0.39 is 11.6 Å². The summed E-state index contributed by atoms with van der Waals surface area (Å²) in [6.45, 7) is 15.0. The van der Waals surface area contributed by atoms with Crippen LogP contribution in [0.25, 0.3) is 4.85 Å². The van der Waals surface area contributed by atoms with E-state index in [1.165, 1.54) is 11.1 Å². The van der Waals surface area contributed by atoms with Gasteiger partial charge in [-0.25, -0.2) is 14.5 Å². The van der Waals surface area contributed by atoms with Crippen molar-refractivity contribution in [2.24, 2.45) is 0 Å². The van der Waals surface area contributed by atoms with Gasteiger partial charge in [0.05, 0.1) is 30.7 Å². The standard InChI is InChI=1S/C22H22N6O3/c1-14-18(15(2)31-25-14)13-26-12-17(10-24-26)28-20(29)22(3,4)27(21(28)30)11-16-8-6-7-9-19(16)23-5/h6-10,12H,11,13H2,1-4H3. The molecule has 0 atom stereocenters. The van der Waals surface area contributed by atoms with Crippen molar-refractivity contribution in [3.8, 4) is 0 Å². The maximum atomic E-state index is 13.3. The van der Waals surface area contributed by atoms with Gasteiger partial charge in [-0.05, 0) is 33.3 Å². The monoisotopic (exact) mass is 418 g/mol. The maximum Gasteiger partial charge on any atom is 0.332 e. The largest absolute Gasteiger partial charge is 0.361 e. The van der Waals surface area contributed by atoms with E-state index in [4.69, 9.17) is 11.1 Å². The Morgan fingerprint density at radius 1 is 1.16 bits per heavy atom. The van der Waals surface area contributed by atoms with Gasteiger partial charge in [-0.3, -0.25) is 9.48 Å². The molecule has 2 aromatic heterocycles. The number of urea groups is 1. The number of carbonyl (C=O) groups excluding carboxylic acids is 2. The second-order valence-corrected chi connectivity index (χ2v) is 8.01. The fourth-order valence-electron chi connectivity index (χ4n) is 3.70. The lowest BCUT2D eigenvalue weighted by Crippen LogP contribution is -2.43. The van der Waals surface area contributed by atoms with Crippen molar-refractivity contribution < 1.29 is 14.1 Å². The van der Waals surface area contributed by atoms with Gasteiger partial charge in [-0.1, -0.05) is 29.4 Å². The van der Waals surface area contributed by atoms with E-state index in [1.807, 2.05) is 19.9 Å². The third kappa shape index (κ3) is 3.36. The highest BCUT2D eigenvalue weighted by Gasteiger charge is 2.52. The molecule has 3 heterocycles. The van der Waals surface area contributed by atoms with Crippen LogP contribution >= 0.6 is 0 Å². The average molecular weight is 418 g/mol. The topological polar surface area (TPSA) is 88.8 Å². The number of carbonyl (C=O) groups is 2. The summed E-state index contributed by atoms with van der Waals surface area (Å²) in [4.78, 5) is 32.6. The first-order valence-electron chi connectivity index (χ1n) is 9.79. The minimum absolute atomic E-state index is 0.167. The minimum atomic E-state index is -1.06. The number of para-hydroxylation sites is 1. The summed E-state index contributed by atoms with van der Waals surface area (Å²) >= 11 is 0. The first kappa shape index (κ1) is 20.3. The van der Waals surface area contributed by atoms with E-state index in [2.05, 4.69) is 15.1 Å². The molecule has 1 aliphatic rings. The van der Waals surface area contributed by atoms with Crippen LogP contribution in [0.4, 0.5) is 16.2 Å². The molecule has 0 saturated carbocycles. The molecule has 1 fully saturated rings. The Morgan fingerprint density at radius 2 is 1.90 bits per heavy atom. The fraction of sp³-hybridized carbons (Fsp3) is 0.318. The van der Waals surface area contributed by atoms with Gasteiger partial charge in [0.15, 0.2) is 5.69 Å². The average Bonchev–Trinajstić information content (AvgIpc) is 3.37. The van der Waals surface area contributed by atoms with Gasteiger partial charge in [0, 0.05) is 18.3 Å². The number of rotatable bonds is 5. The van der Waals surface area contributed by atoms with Crippen LogP contribution in [-0.4, -0.2) is 37.3 Å². The number of hydrogen-bond donors (Lipinski definition) is 0. The van der Waals surface area contributed by atoms with Crippen molar-refractivity contribution in [3.63, 3.8) is 0 Å². The van der Waals surface area contributed by atoms with Gasteiger partial charge >= 0.3 is 6.03 Å². The summed E-state index contributed by atoms with van der Waals surface area (Å²) < 4.78 is 6.83. The predicted octanol–water partition coefficient (Wildman–Crippen LogP) is 3.83. The van der Waals surface area contributed by atoms with Crippen molar-refractivity contribution in [3.05, 3.63) is 70.7 Å². The van der Waals surface area contributed by atoms with E-state index in [0.717, 1.165) is 16.2 Å². The first-order chi connectivity index (χ1) is 14.7. The molecule has 1 aliphatic heterocycles. The van der Waals surface area contributed by atoms with Crippen molar-refractivity contribution in [1.82, 2.24) is 19.8 Å². The van der Waals surface area contributed by atoms with Crippen LogP contribution in [0, 0.1) is 20.4 Å². The van der Waals surface area contributed by atoms with Crippen LogP contribution in [0.1, 0.15) is 36.4 Å². The van der Waals surface area contributed by atoms with E-state index in [9.17, 15) is 9.59 Å². The number of amides is 3. The molecule has 0 bridgehead atoms. The van der Waals surface area contributed by atoms with Crippen molar-refractivity contribution in [2.75, 3.05) is 4.90 Å². The van der Waals surface area contributed by atoms with E-state index in [1.54, 1.807) is 42.9 Å². The number of imide groups is 1. The number of anilines is 1. The Bertz CT molecular complexity index is 1200. The van der Waals surface area contributed by atoms with Gasteiger partial charge < -0.3 is 9.42 Å². The zero-order chi connectivity index (χ0) is 22.3. The second-order valence-electron chi connectivity index (χ2n) is 8.01. The summed E-state index contributed by atoms with van der Waals surface area (Å²) in [5.41, 5.74) is 2.18. The molecule has 31 heavy (non-hydrogen) atoms. The number of benzene rings is 1. The van der Waals surface area contributed by atoms with Crippen LogP contribution in [0.3, 0.4) is 0 Å². The van der Waals surface area contributed by atoms with Gasteiger partial charge in [0.25, 0.3) is 5.91 Å². The third-order valence-corrected chi connectivity index (χ3v) is 5.64. The van der Waals surface area contributed by atoms with Crippen LogP contribution in [-0.2, 0) is 17.9 Å². The zero-order valence-electron chi connectivity index (χ0n) is 17.8. The first-order valence-corrected chi connectivity index (χ1v) is 9.79. The highest BCUT2D eigenvalue weighted by molar-refractivity contribution is 6.22. The van der Waals surface area contributed by atoms with E-state index in [0.29, 0.717) is 29.2 Å². The molecule has 1 saturated heterocycles. The molecular formula is C22H22N6O3. The Kier molecular flexibility index (Phi) is 4.85. The molecule has 9 heteroatoms. The highest BCUT2D eigenvalue weighted by atomic mass is 16.5. The number of hydrogen-bond acceptors (Lipinski definition) is 5. The predicted molar refractivity (Wildman–Crippen MR) is 113 cm³/mol. The van der Waals surface area contributed by atoms with Crippen molar-refractivity contribution >= 4 is 23.3 Å². The molecule has 3 amide bonds. The number of aryl methyl sites for hydroxylation is 2. The van der Waals surface area contributed by atoms with Gasteiger partial charge in [0.1, 0.15) is 11.3 Å². The molecule has 4 rings (SSSR count). The SMILES string of the molecule is [C-]#[N+]c1ccccc1CN1C(=O)N(c2cnn(Cc3c(C)noc3C)c2)C(=O)C1(C)C. The molecule has 158 valence electrons. The van der Waals surface area contributed by atoms with Crippen molar-refractivity contribution in [2.45, 2.75) is 46.3 Å². The third-order valence-electron chi connectivity index (χ3n) is 5.64. The van der Waals surface area contributed by atoms with Gasteiger partial charge in [0.2, 0.25) is 0 Å². The minimum Gasteiger partial charge on any atom is -0.361 e. The molecule has 0 radical (unpaired) electrons. The normalized spacial score (nSPS) is 15.6. The fourth-order valence-corrected chi connectivity index (χ4v) is 3.70. The van der Waals surface area contributed by atoms with E-state index >= 15 is 0 Å². The van der Waals surface area contributed by atoms with Crippen LogP contribution in [0.15, 0.2) is 41.2 Å². The highest BCUT2D eigenvalue weighted by Crippen LogP contribution is 2.34. The Morgan fingerprint density at radius 3 is 2.58 bits per heavy atom. The summed E-state index contributed by atoms with van der Waals surface area (Å²) in [6, 6.07) is 6.65. The van der Waals surface area contributed by atoms with Gasteiger partial charge in [-0.2, -0.15) is 5.10 Å². The Labute approximate surface area is 179 Å². The van der Waals surface area contributed by atoms with Crippen LogP contribution < -0.4 is 4.90 Å². The Balaban J connectivity index is 1.61. The number of aromatic nitrogens is 3. The maximum absolute atomic E-state index is 13.3. The molecule has 3 aromatic rings. The molecule has 0 N–H and O–H groups in total. The quantitative estimate of drug-likeness (QED) is 0.464. The molecular weight excluding hydrogens is 396 g/mol. The van der Waals surface area contributed by atoms with E-state index in [-0.39, 0.29) is 12.5 Å². The molecule has 0 spiro atoms. The Hall–Kier alpha value is -3.93. The lowest BCUT2D eigenvalue weighted by Gasteiger charge is -2.28. The lowest BCUT2D eigenvalue weighted by molar-refractivity contribution is -0.123. The summed E-state index contributed by atoms with van der Waals surface area (Å²) in [6.07, 6.45) is 3.16.